The Morgan fingerprint density at radius 1 is 1.52 bits per heavy atom. The lowest BCUT2D eigenvalue weighted by Gasteiger charge is -2.16. The molecule has 3 aromatic rings. The van der Waals surface area contributed by atoms with Gasteiger partial charge in [-0.2, -0.15) is 9.89 Å². The number of ether oxygens (including phenoxy) is 1. The van der Waals surface area contributed by atoms with Crippen LogP contribution >= 0.6 is 39.7 Å². The summed E-state index contributed by atoms with van der Waals surface area (Å²) in [7, 11) is 0. The van der Waals surface area contributed by atoms with E-state index in [1.54, 1.807) is 29.8 Å². The van der Waals surface area contributed by atoms with Crippen LogP contribution in [-0.2, 0) is 22.5 Å². The molecule has 1 aromatic carbocycles. The van der Waals surface area contributed by atoms with Crippen molar-refractivity contribution >= 4 is 56.6 Å². The van der Waals surface area contributed by atoms with Crippen molar-refractivity contribution in [3.05, 3.63) is 44.0 Å². The number of fused-ring (bicyclic) bond motifs is 2. The second-order valence-corrected chi connectivity index (χ2v) is 7.92. The van der Waals surface area contributed by atoms with Crippen molar-refractivity contribution in [2.75, 3.05) is 6.61 Å². The average Bonchev–Trinajstić information content (AvgIpc) is 3.29. The van der Waals surface area contributed by atoms with E-state index < -0.39 is 12.0 Å². The van der Waals surface area contributed by atoms with E-state index >= 15 is 0 Å². The zero-order chi connectivity index (χ0) is 19.3. The summed E-state index contributed by atoms with van der Waals surface area (Å²) in [5.74, 6) is -0.595. The molecule has 1 aliphatic rings. The molecule has 0 spiro atoms. The van der Waals surface area contributed by atoms with E-state index in [0.29, 0.717) is 39.4 Å². The summed E-state index contributed by atoms with van der Waals surface area (Å²) in [5, 5.41) is 5.61. The van der Waals surface area contributed by atoms with Crippen molar-refractivity contribution in [1.29, 1.82) is 0 Å². The standard InChI is InChI=1S/C17H15BrClFN4O2S/c1-2-26-16(25)15(14-13-4-3-5-22(13)17(27)24(14)20)23-8-10-11(19)6-9(18)7-12(10)21-23/h6-8,15H,2-5H2,1H3/t15-/m1/s1. The van der Waals surface area contributed by atoms with Crippen molar-refractivity contribution in [2.45, 2.75) is 32.4 Å². The number of carbonyl (C=O) groups is 1. The van der Waals surface area contributed by atoms with E-state index in [1.165, 1.54) is 4.68 Å². The molecule has 0 N–H and O–H groups in total. The monoisotopic (exact) mass is 472 g/mol. The summed E-state index contributed by atoms with van der Waals surface area (Å²) in [5.41, 5.74) is 1.45. The first-order valence-corrected chi connectivity index (χ1v) is 10.0. The van der Waals surface area contributed by atoms with Crippen LogP contribution < -0.4 is 0 Å². The number of benzene rings is 1. The molecule has 6 nitrogen and oxygen atoms in total. The predicted molar refractivity (Wildman–Crippen MR) is 105 cm³/mol. The Hall–Kier alpha value is -1.71. The van der Waals surface area contributed by atoms with Crippen LogP contribution in [0, 0.1) is 4.77 Å². The van der Waals surface area contributed by atoms with Crippen LogP contribution in [0.5, 0.6) is 0 Å². The van der Waals surface area contributed by atoms with Crippen LogP contribution in [0.1, 0.15) is 30.8 Å². The average molecular weight is 474 g/mol. The first-order valence-electron chi connectivity index (χ1n) is 8.43. The minimum Gasteiger partial charge on any atom is -0.464 e. The lowest BCUT2D eigenvalue weighted by molar-refractivity contribution is -0.146. The zero-order valence-electron chi connectivity index (χ0n) is 14.3. The summed E-state index contributed by atoms with van der Waals surface area (Å²) in [4.78, 5) is 13.2. The van der Waals surface area contributed by atoms with E-state index in [4.69, 9.17) is 28.6 Å². The highest BCUT2D eigenvalue weighted by atomic mass is 79.9. The van der Waals surface area contributed by atoms with Gasteiger partial charge in [-0.25, -0.2) is 4.79 Å². The van der Waals surface area contributed by atoms with Crippen LogP contribution in [0.25, 0.3) is 10.9 Å². The summed E-state index contributed by atoms with van der Waals surface area (Å²) < 4.78 is 24.1. The largest absolute Gasteiger partial charge is 0.464 e. The smallest absolute Gasteiger partial charge is 0.337 e. The van der Waals surface area contributed by atoms with E-state index in [1.807, 2.05) is 0 Å². The summed E-state index contributed by atoms with van der Waals surface area (Å²) in [6, 6.07) is 2.43. The van der Waals surface area contributed by atoms with Crippen molar-refractivity contribution < 1.29 is 14.0 Å². The Kier molecular flexibility index (Phi) is 4.85. The molecule has 142 valence electrons. The number of hydrogen-bond donors (Lipinski definition) is 0. The third kappa shape index (κ3) is 3.01. The van der Waals surface area contributed by atoms with Gasteiger partial charge in [-0.05, 0) is 44.1 Å². The molecule has 0 fully saturated rings. The molecule has 1 atom stereocenters. The maximum absolute atomic E-state index is 14.9. The van der Waals surface area contributed by atoms with Gasteiger partial charge in [0.25, 0.3) is 0 Å². The van der Waals surface area contributed by atoms with Gasteiger partial charge in [0.05, 0.1) is 17.1 Å². The molecule has 1 aliphatic heterocycles. The first kappa shape index (κ1) is 18.6. The fourth-order valence-corrected chi connectivity index (χ4v) is 4.65. The van der Waals surface area contributed by atoms with Gasteiger partial charge in [0.1, 0.15) is 5.69 Å². The molecule has 4 rings (SSSR count). The molecule has 0 saturated heterocycles. The molecule has 0 bridgehead atoms. The topological polar surface area (TPSA) is 54.0 Å². The maximum Gasteiger partial charge on any atom is 0.337 e. The fraction of sp³-hybridized carbons (Fsp3) is 0.353. The minimum atomic E-state index is -1.09. The second-order valence-electron chi connectivity index (χ2n) is 6.23. The lowest BCUT2D eigenvalue weighted by atomic mass is 10.1. The molecular weight excluding hydrogens is 459 g/mol. The highest BCUT2D eigenvalue weighted by molar-refractivity contribution is 9.10. The van der Waals surface area contributed by atoms with Crippen molar-refractivity contribution in [2.24, 2.45) is 0 Å². The molecule has 10 heteroatoms. The molecular formula is C17H15BrClFN4O2S. The SMILES string of the molecule is CCOC(=O)[C@@H](c1c2n(c(=S)n1F)CCC2)n1cc2c(Cl)cc(Br)cc2n1. The highest BCUT2D eigenvalue weighted by Crippen LogP contribution is 2.33. The summed E-state index contributed by atoms with van der Waals surface area (Å²) >= 11 is 14.9. The number of rotatable bonds is 4. The van der Waals surface area contributed by atoms with Gasteiger partial charge in [-0.1, -0.05) is 32.0 Å². The summed E-state index contributed by atoms with van der Waals surface area (Å²) in [6.07, 6.45) is 3.12. The first-order chi connectivity index (χ1) is 12.9. The van der Waals surface area contributed by atoms with Gasteiger partial charge in [0, 0.05) is 28.3 Å². The number of carbonyl (C=O) groups excluding carboxylic acids is 1. The van der Waals surface area contributed by atoms with E-state index in [-0.39, 0.29) is 17.1 Å². The van der Waals surface area contributed by atoms with Crippen LogP contribution in [0.2, 0.25) is 5.02 Å². The number of hydrogen-bond acceptors (Lipinski definition) is 4. The number of aromatic nitrogens is 4. The number of esters is 1. The molecule has 0 amide bonds. The maximum atomic E-state index is 14.9. The molecule has 27 heavy (non-hydrogen) atoms. The molecule has 0 saturated carbocycles. The molecule has 3 heterocycles. The van der Waals surface area contributed by atoms with Gasteiger partial charge in [-0.15, -0.1) is 0 Å². The van der Waals surface area contributed by atoms with Crippen LogP contribution in [0.4, 0.5) is 4.48 Å². The van der Waals surface area contributed by atoms with Gasteiger partial charge in [0.2, 0.25) is 4.77 Å². The Bertz CT molecular complexity index is 1120. The zero-order valence-corrected chi connectivity index (χ0v) is 17.4. The van der Waals surface area contributed by atoms with Crippen molar-refractivity contribution in [1.82, 2.24) is 19.1 Å². The highest BCUT2D eigenvalue weighted by Gasteiger charge is 2.35. The molecule has 0 aliphatic carbocycles. The number of imidazole rings is 1. The third-order valence-electron chi connectivity index (χ3n) is 4.62. The van der Waals surface area contributed by atoms with Gasteiger partial charge in [0.15, 0.2) is 6.04 Å². The molecule has 0 unspecified atom stereocenters. The quantitative estimate of drug-likeness (QED) is 0.410. The summed E-state index contributed by atoms with van der Waals surface area (Å²) in [6.45, 7) is 2.51. The van der Waals surface area contributed by atoms with Crippen LogP contribution in [0.3, 0.4) is 0 Å². The van der Waals surface area contributed by atoms with E-state index in [0.717, 1.165) is 10.9 Å². The van der Waals surface area contributed by atoms with Gasteiger partial charge < -0.3 is 9.30 Å². The Labute approximate surface area is 172 Å². The number of nitrogens with zero attached hydrogens (tertiary/aromatic N) is 4. The van der Waals surface area contributed by atoms with E-state index in [9.17, 15) is 9.28 Å². The Morgan fingerprint density at radius 3 is 3.04 bits per heavy atom. The van der Waals surface area contributed by atoms with Crippen molar-refractivity contribution in [3.63, 3.8) is 0 Å². The second kappa shape index (κ2) is 7.03. The van der Waals surface area contributed by atoms with Gasteiger partial charge in [-0.3, -0.25) is 4.68 Å². The number of halogens is 3. The Balaban J connectivity index is 1.94. The molecule has 2 aromatic heterocycles. The van der Waals surface area contributed by atoms with E-state index in [2.05, 4.69) is 21.0 Å². The van der Waals surface area contributed by atoms with Crippen LogP contribution in [0.15, 0.2) is 22.8 Å². The van der Waals surface area contributed by atoms with Crippen molar-refractivity contribution in [3.8, 4) is 0 Å². The van der Waals surface area contributed by atoms with Gasteiger partial charge >= 0.3 is 5.97 Å². The molecule has 0 radical (unpaired) electrons. The third-order valence-corrected chi connectivity index (χ3v) is 5.77. The lowest BCUT2D eigenvalue weighted by Crippen LogP contribution is -2.26. The minimum absolute atomic E-state index is 0.0456. The Morgan fingerprint density at radius 2 is 2.30 bits per heavy atom. The fourth-order valence-electron chi connectivity index (χ4n) is 3.51. The van der Waals surface area contributed by atoms with Crippen LogP contribution in [-0.4, -0.2) is 31.7 Å². The normalized spacial score (nSPS) is 14.5. The predicted octanol–water partition coefficient (Wildman–Crippen LogP) is 4.62.